The Labute approximate surface area is 150 Å². The average molecular weight is 358 g/mol. The number of nitrogens with one attached hydrogen (secondary N) is 1. The Morgan fingerprint density at radius 3 is 2.60 bits per heavy atom. The molecule has 0 bridgehead atoms. The molecule has 4 nitrogen and oxygen atoms in total. The van der Waals surface area contributed by atoms with E-state index in [0.717, 1.165) is 5.56 Å². The predicted molar refractivity (Wildman–Crippen MR) is 96.1 cm³/mol. The molecule has 0 radical (unpaired) electrons. The normalized spacial score (nSPS) is 10.6. The van der Waals surface area contributed by atoms with Gasteiger partial charge in [0.1, 0.15) is 10.8 Å². The van der Waals surface area contributed by atoms with Gasteiger partial charge in [-0.05, 0) is 18.1 Å². The first-order valence-electron chi connectivity index (χ1n) is 7.92. The van der Waals surface area contributed by atoms with E-state index in [2.05, 4.69) is 10.4 Å². The quantitative estimate of drug-likeness (QED) is 0.715. The van der Waals surface area contributed by atoms with Crippen molar-refractivity contribution in [2.24, 2.45) is 0 Å². The van der Waals surface area contributed by atoms with E-state index in [1.165, 1.54) is 10.7 Å². The number of aryl methyl sites for hydroxylation is 1. The Hall–Kier alpha value is -2.66. The molecule has 0 saturated heterocycles. The van der Waals surface area contributed by atoms with Crippen LogP contribution in [-0.4, -0.2) is 15.7 Å². The van der Waals surface area contributed by atoms with Gasteiger partial charge in [-0.25, -0.2) is 4.39 Å². The number of nitrogens with zero attached hydrogens (tertiary/aromatic N) is 2. The summed E-state index contributed by atoms with van der Waals surface area (Å²) in [7, 11) is 0. The minimum Gasteiger partial charge on any atom is -0.308 e. The van der Waals surface area contributed by atoms with Crippen LogP contribution in [0.1, 0.15) is 17.5 Å². The molecule has 0 unspecified atom stereocenters. The molecule has 0 spiro atoms. The van der Waals surface area contributed by atoms with E-state index in [4.69, 9.17) is 11.6 Å². The summed E-state index contributed by atoms with van der Waals surface area (Å²) in [5.74, 6) is -0.180. The van der Waals surface area contributed by atoms with Gasteiger partial charge in [-0.3, -0.25) is 9.48 Å². The number of carbonyl (C=O) groups is 1. The van der Waals surface area contributed by atoms with Crippen molar-refractivity contribution >= 4 is 23.3 Å². The maximum absolute atomic E-state index is 13.7. The van der Waals surface area contributed by atoms with Gasteiger partial charge < -0.3 is 5.32 Å². The highest BCUT2D eigenvalue weighted by atomic mass is 35.5. The zero-order valence-corrected chi connectivity index (χ0v) is 14.2. The minimum absolute atomic E-state index is 0.165. The third-order valence-corrected chi connectivity index (χ3v) is 4.03. The number of benzene rings is 2. The monoisotopic (exact) mass is 357 g/mol. The summed E-state index contributed by atoms with van der Waals surface area (Å²) < 4.78 is 15.2. The molecule has 1 aromatic heterocycles. The van der Waals surface area contributed by atoms with Gasteiger partial charge in [0.15, 0.2) is 5.82 Å². The zero-order chi connectivity index (χ0) is 17.6. The number of anilines is 1. The number of hydrogen-bond acceptors (Lipinski definition) is 2. The molecule has 0 aliphatic heterocycles. The molecule has 25 heavy (non-hydrogen) atoms. The van der Waals surface area contributed by atoms with E-state index in [1.54, 1.807) is 24.4 Å². The number of hydrogen-bond donors (Lipinski definition) is 1. The van der Waals surface area contributed by atoms with Crippen LogP contribution < -0.4 is 5.32 Å². The van der Waals surface area contributed by atoms with Crippen LogP contribution in [-0.2, 0) is 17.8 Å². The van der Waals surface area contributed by atoms with E-state index >= 15 is 0 Å². The molecule has 1 amide bonds. The third-order valence-electron chi connectivity index (χ3n) is 3.75. The summed E-state index contributed by atoms with van der Waals surface area (Å²) in [6.07, 6.45) is 2.54. The second kappa shape index (κ2) is 7.94. The largest absolute Gasteiger partial charge is 0.308 e. The Kier molecular flexibility index (Phi) is 5.46. The number of carbonyl (C=O) groups excluding carboxylic acids is 1. The summed E-state index contributed by atoms with van der Waals surface area (Å²) in [6, 6.07) is 16.2. The Balaban J connectivity index is 1.60. The fourth-order valence-electron chi connectivity index (χ4n) is 2.46. The van der Waals surface area contributed by atoms with Gasteiger partial charge in [0.25, 0.3) is 0 Å². The molecular weight excluding hydrogens is 341 g/mol. The lowest BCUT2D eigenvalue weighted by Crippen LogP contribution is -2.13. The lowest BCUT2D eigenvalue weighted by atomic mass is 10.1. The lowest BCUT2D eigenvalue weighted by Gasteiger charge is -2.04. The molecule has 128 valence electrons. The summed E-state index contributed by atoms with van der Waals surface area (Å²) in [5, 5.41) is 7.26. The second-order valence-electron chi connectivity index (χ2n) is 5.65. The van der Waals surface area contributed by atoms with E-state index in [-0.39, 0.29) is 24.1 Å². The second-order valence-corrected chi connectivity index (χ2v) is 6.06. The van der Waals surface area contributed by atoms with Crippen molar-refractivity contribution in [3.63, 3.8) is 0 Å². The van der Waals surface area contributed by atoms with Crippen LogP contribution in [0.25, 0.3) is 0 Å². The van der Waals surface area contributed by atoms with Crippen molar-refractivity contribution < 1.29 is 9.18 Å². The fraction of sp³-hybridized carbons (Fsp3) is 0.158. The van der Waals surface area contributed by atoms with Crippen molar-refractivity contribution in [2.75, 3.05) is 5.32 Å². The molecule has 1 N–H and O–H groups in total. The predicted octanol–water partition coefficient (Wildman–Crippen LogP) is 4.30. The van der Waals surface area contributed by atoms with Gasteiger partial charge in [-0.15, -0.1) is 0 Å². The van der Waals surface area contributed by atoms with E-state index < -0.39 is 0 Å². The molecule has 2 aromatic carbocycles. The first-order chi connectivity index (χ1) is 12.1. The molecule has 0 saturated carbocycles. The summed E-state index contributed by atoms with van der Waals surface area (Å²) in [4.78, 5) is 12.1. The Morgan fingerprint density at radius 2 is 1.84 bits per heavy atom. The van der Waals surface area contributed by atoms with Crippen LogP contribution in [0.4, 0.5) is 10.2 Å². The molecular formula is C19H17ClFN3O. The lowest BCUT2D eigenvalue weighted by molar-refractivity contribution is -0.116. The molecule has 0 aliphatic carbocycles. The van der Waals surface area contributed by atoms with Gasteiger partial charge in [0.2, 0.25) is 5.91 Å². The number of aromatic nitrogens is 2. The van der Waals surface area contributed by atoms with Crippen LogP contribution in [0, 0.1) is 5.82 Å². The molecule has 3 aromatic rings. The Morgan fingerprint density at radius 1 is 1.12 bits per heavy atom. The van der Waals surface area contributed by atoms with Crippen LogP contribution in [0.3, 0.4) is 0 Å². The SMILES string of the molecule is O=C(CCc1ccccc1)Nc1nn(Cc2ccccc2F)cc1Cl. The van der Waals surface area contributed by atoms with Crippen LogP contribution >= 0.6 is 11.6 Å². The molecule has 0 aliphatic rings. The van der Waals surface area contributed by atoms with Crippen LogP contribution in [0.15, 0.2) is 60.8 Å². The minimum atomic E-state index is -0.303. The molecule has 0 atom stereocenters. The topological polar surface area (TPSA) is 46.9 Å². The Bertz CT molecular complexity index is 864. The highest BCUT2D eigenvalue weighted by Gasteiger charge is 2.12. The van der Waals surface area contributed by atoms with Gasteiger partial charge in [-0.2, -0.15) is 5.10 Å². The van der Waals surface area contributed by atoms with Crippen molar-refractivity contribution in [3.8, 4) is 0 Å². The highest BCUT2D eigenvalue weighted by Crippen LogP contribution is 2.21. The molecule has 0 fully saturated rings. The zero-order valence-electron chi connectivity index (χ0n) is 13.5. The summed E-state index contributed by atoms with van der Waals surface area (Å²) in [6.45, 7) is 0.242. The van der Waals surface area contributed by atoms with E-state index in [9.17, 15) is 9.18 Å². The van der Waals surface area contributed by atoms with Crippen molar-refractivity contribution in [1.82, 2.24) is 9.78 Å². The first-order valence-corrected chi connectivity index (χ1v) is 8.30. The smallest absolute Gasteiger partial charge is 0.225 e. The molecule has 1 heterocycles. The first kappa shape index (κ1) is 17.2. The van der Waals surface area contributed by atoms with E-state index in [1.807, 2.05) is 30.3 Å². The standard InChI is InChI=1S/C19H17ClFN3O/c20-16-13-24(12-15-8-4-5-9-17(15)21)23-19(16)22-18(25)11-10-14-6-2-1-3-7-14/h1-9,13H,10-12H2,(H,22,23,25). The van der Waals surface area contributed by atoms with Gasteiger partial charge >= 0.3 is 0 Å². The molecule has 3 rings (SSSR count). The van der Waals surface area contributed by atoms with Crippen LogP contribution in [0.5, 0.6) is 0 Å². The summed E-state index contributed by atoms with van der Waals surface area (Å²) in [5.41, 5.74) is 1.59. The van der Waals surface area contributed by atoms with Crippen molar-refractivity contribution in [1.29, 1.82) is 0 Å². The maximum atomic E-state index is 13.7. The fourth-order valence-corrected chi connectivity index (χ4v) is 2.66. The number of amides is 1. The van der Waals surface area contributed by atoms with E-state index in [0.29, 0.717) is 23.4 Å². The van der Waals surface area contributed by atoms with Crippen molar-refractivity contribution in [3.05, 3.63) is 82.8 Å². The summed E-state index contributed by atoms with van der Waals surface area (Å²) >= 11 is 6.12. The number of rotatable bonds is 6. The number of halogens is 2. The molecule has 6 heteroatoms. The highest BCUT2D eigenvalue weighted by molar-refractivity contribution is 6.33. The van der Waals surface area contributed by atoms with Gasteiger partial charge in [-0.1, -0.05) is 60.1 Å². The maximum Gasteiger partial charge on any atom is 0.225 e. The van der Waals surface area contributed by atoms with Crippen molar-refractivity contribution in [2.45, 2.75) is 19.4 Å². The van der Waals surface area contributed by atoms with Gasteiger partial charge in [0.05, 0.1) is 6.54 Å². The third kappa shape index (κ3) is 4.67. The average Bonchev–Trinajstić information content (AvgIpc) is 2.95. The van der Waals surface area contributed by atoms with Crippen LogP contribution in [0.2, 0.25) is 5.02 Å². The van der Waals surface area contributed by atoms with Gasteiger partial charge in [0, 0.05) is 18.2 Å².